The molecule has 2 aromatic carbocycles. The van der Waals surface area contributed by atoms with Crippen LogP contribution in [0.15, 0.2) is 48.5 Å². The molecule has 0 heterocycles. The van der Waals surface area contributed by atoms with Crippen LogP contribution < -0.4 is 9.47 Å². The van der Waals surface area contributed by atoms with Gasteiger partial charge in [-0.05, 0) is 59.7 Å². The van der Waals surface area contributed by atoms with Crippen LogP contribution in [0.1, 0.15) is 11.1 Å². The predicted molar refractivity (Wildman–Crippen MR) is 90.0 cm³/mol. The van der Waals surface area contributed by atoms with Crippen molar-refractivity contribution in [2.75, 3.05) is 21.0 Å². The molecule has 2 rings (SSSR count). The van der Waals surface area contributed by atoms with E-state index in [1.165, 1.54) is 0 Å². The fourth-order valence-corrected chi connectivity index (χ4v) is 2.13. The second-order valence-corrected chi connectivity index (χ2v) is 4.78. The zero-order valence-electron chi connectivity index (χ0n) is 13.4. The Morgan fingerprint density at radius 1 is 0.792 bits per heavy atom. The molecule has 0 unspecified atom stereocenters. The Morgan fingerprint density at radius 3 is 1.62 bits per heavy atom. The van der Waals surface area contributed by atoms with Gasteiger partial charge in [0.25, 0.3) is 0 Å². The van der Waals surface area contributed by atoms with Gasteiger partial charge >= 0.3 is 0 Å². The number of methoxy groups -OCH3 is 2. The second kappa shape index (κ2) is 8.38. The monoisotopic (exact) mass is 320 g/mol. The van der Waals surface area contributed by atoms with E-state index in [0.717, 1.165) is 0 Å². The van der Waals surface area contributed by atoms with Crippen LogP contribution in [0.3, 0.4) is 0 Å². The molecule has 0 saturated heterocycles. The van der Waals surface area contributed by atoms with Crippen molar-refractivity contribution in [3.05, 3.63) is 59.7 Å². The molecule has 0 bridgehead atoms. The van der Waals surface area contributed by atoms with Crippen molar-refractivity contribution < 1.29 is 14.2 Å². The molecule has 0 amide bonds. The van der Waals surface area contributed by atoms with Crippen molar-refractivity contribution in [2.24, 2.45) is 0 Å². The second-order valence-electron chi connectivity index (χ2n) is 4.78. The predicted octanol–water partition coefficient (Wildman–Crippen LogP) is 3.64. The standard InChI is InChI=1S/C19H16N2O3/c1-22-13-24-17-9-5-15(6-10-17)19(12-21)18(11-20)14-3-7-16(23-2)8-4-14/h3-10H,13H2,1-2H3/b19-18+. The molecule has 5 nitrogen and oxygen atoms in total. The van der Waals surface area contributed by atoms with Crippen LogP contribution in [-0.4, -0.2) is 21.0 Å². The van der Waals surface area contributed by atoms with Gasteiger partial charge in [-0.15, -0.1) is 0 Å². The Hall–Kier alpha value is -3.28. The van der Waals surface area contributed by atoms with E-state index in [9.17, 15) is 10.5 Å². The van der Waals surface area contributed by atoms with Crippen molar-refractivity contribution in [3.63, 3.8) is 0 Å². The fraction of sp³-hybridized carbons (Fsp3) is 0.158. The molecule has 0 aliphatic rings. The Labute approximate surface area is 140 Å². The van der Waals surface area contributed by atoms with Gasteiger partial charge < -0.3 is 14.2 Å². The van der Waals surface area contributed by atoms with Crippen LogP contribution in [0.2, 0.25) is 0 Å². The third kappa shape index (κ3) is 3.92. The highest BCUT2D eigenvalue weighted by molar-refractivity contribution is 6.02. The molecular weight excluding hydrogens is 304 g/mol. The minimum atomic E-state index is 0.148. The summed E-state index contributed by atoms with van der Waals surface area (Å²) < 4.78 is 15.3. The van der Waals surface area contributed by atoms with Crippen LogP contribution in [0.5, 0.6) is 11.5 Å². The van der Waals surface area contributed by atoms with Gasteiger partial charge in [0.05, 0.1) is 18.3 Å². The maximum atomic E-state index is 9.52. The molecule has 0 radical (unpaired) electrons. The lowest BCUT2D eigenvalue weighted by atomic mass is 9.96. The number of nitriles is 2. The molecule has 24 heavy (non-hydrogen) atoms. The lowest BCUT2D eigenvalue weighted by molar-refractivity contribution is 0.0511. The highest BCUT2D eigenvalue weighted by Gasteiger charge is 2.12. The van der Waals surface area contributed by atoms with Gasteiger partial charge in [0.15, 0.2) is 6.79 Å². The zero-order chi connectivity index (χ0) is 17.4. The van der Waals surface area contributed by atoms with Crippen molar-refractivity contribution in [3.8, 4) is 23.6 Å². The first-order valence-electron chi connectivity index (χ1n) is 7.14. The molecule has 0 saturated carbocycles. The first-order chi connectivity index (χ1) is 11.7. The highest BCUT2D eigenvalue weighted by Crippen LogP contribution is 2.28. The average Bonchev–Trinajstić information content (AvgIpc) is 2.65. The highest BCUT2D eigenvalue weighted by atomic mass is 16.7. The van der Waals surface area contributed by atoms with Gasteiger partial charge in [0.1, 0.15) is 23.6 Å². The summed E-state index contributed by atoms with van der Waals surface area (Å²) in [6, 6.07) is 18.2. The quantitative estimate of drug-likeness (QED) is 0.461. The van der Waals surface area contributed by atoms with Crippen molar-refractivity contribution in [1.82, 2.24) is 0 Å². The van der Waals surface area contributed by atoms with Crippen molar-refractivity contribution in [1.29, 1.82) is 10.5 Å². The van der Waals surface area contributed by atoms with E-state index >= 15 is 0 Å². The van der Waals surface area contributed by atoms with E-state index in [1.807, 2.05) is 0 Å². The third-order valence-corrected chi connectivity index (χ3v) is 3.34. The molecule has 0 aromatic heterocycles. The molecular formula is C19H16N2O3. The number of rotatable bonds is 6. The van der Waals surface area contributed by atoms with Gasteiger partial charge in [-0.3, -0.25) is 0 Å². The van der Waals surface area contributed by atoms with Gasteiger partial charge in [-0.1, -0.05) is 0 Å². The van der Waals surface area contributed by atoms with E-state index in [0.29, 0.717) is 33.8 Å². The Balaban J connectivity index is 2.40. The molecule has 0 N–H and O–H groups in total. The maximum absolute atomic E-state index is 9.52. The number of benzene rings is 2. The van der Waals surface area contributed by atoms with Gasteiger partial charge in [-0.25, -0.2) is 0 Å². The van der Waals surface area contributed by atoms with E-state index in [4.69, 9.17) is 14.2 Å². The van der Waals surface area contributed by atoms with E-state index in [1.54, 1.807) is 62.8 Å². The molecule has 0 aliphatic carbocycles. The van der Waals surface area contributed by atoms with Gasteiger partial charge in [0, 0.05) is 7.11 Å². The van der Waals surface area contributed by atoms with E-state index in [2.05, 4.69) is 12.1 Å². The molecule has 0 atom stereocenters. The van der Waals surface area contributed by atoms with Gasteiger partial charge in [0.2, 0.25) is 0 Å². The van der Waals surface area contributed by atoms with E-state index in [-0.39, 0.29) is 6.79 Å². The summed E-state index contributed by atoms with van der Waals surface area (Å²) in [6.07, 6.45) is 0. The minimum absolute atomic E-state index is 0.148. The summed E-state index contributed by atoms with van der Waals surface area (Å²) in [6.45, 7) is 0.148. The first-order valence-corrected chi connectivity index (χ1v) is 7.14. The summed E-state index contributed by atoms with van der Waals surface area (Å²) in [7, 11) is 3.11. The molecule has 2 aromatic rings. The molecule has 0 fully saturated rings. The zero-order valence-corrected chi connectivity index (χ0v) is 13.4. The Morgan fingerprint density at radius 2 is 1.25 bits per heavy atom. The number of nitrogens with zero attached hydrogens (tertiary/aromatic N) is 2. The third-order valence-electron chi connectivity index (χ3n) is 3.34. The number of hydrogen-bond acceptors (Lipinski definition) is 5. The van der Waals surface area contributed by atoms with E-state index < -0.39 is 0 Å². The topological polar surface area (TPSA) is 75.3 Å². The SMILES string of the molecule is COCOc1ccc(/C(C#N)=C(\C#N)c2ccc(OC)cc2)cc1. The molecule has 0 aliphatic heterocycles. The smallest absolute Gasteiger partial charge is 0.188 e. The average molecular weight is 320 g/mol. The summed E-state index contributed by atoms with van der Waals surface area (Å²) >= 11 is 0. The van der Waals surface area contributed by atoms with Crippen LogP contribution in [0, 0.1) is 22.7 Å². The number of ether oxygens (including phenoxy) is 3. The number of allylic oxidation sites excluding steroid dienone is 2. The summed E-state index contributed by atoms with van der Waals surface area (Å²) in [4.78, 5) is 0. The summed E-state index contributed by atoms with van der Waals surface area (Å²) in [5, 5.41) is 19.0. The normalized spacial score (nSPS) is 11.0. The summed E-state index contributed by atoms with van der Waals surface area (Å²) in [5.74, 6) is 1.31. The number of hydrogen-bond donors (Lipinski definition) is 0. The van der Waals surface area contributed by atoms with Gasteiger partial charge in [-0.2, -0.15) is 10.5 Å². The van der Waals surface area contributed by atoms with Crippen LogP contribution in [0.25, 0.3) is 11.1 Å². The Bertz CT molecular complexity index is 794. The molecule has 5 heteroatoms. The van der Waals surface area contributed by atoms with Crippen molar-refractivity contribution >= 4 is 11.1 Å². The summed E-state index contributed by atoms with van der Waals surface area (Å²) in [5.41, 5.74) is 1.93. The largest absolute Gasteiger partial charge is 0.497 e. The lowest BCUT2D eigenvalue weighted by Crippen LogP contribution is -1.98. The Kier molecular flexibility index (Phi) is 5.96. The van der Waals surface area contributed by atoms with Crippen LogP contribution in [-0.2, 0) is 4.74 Å². The van der Waals surface area contributed by atoms with Crippen LogP contribution >= 0.6 is 0 Å². The molecule has 0 spiro atoms. The minimum Gasteiger partial charge on any atom is -0.497 e. The van der Waals surface area contributed by atoms with Crippen LogP contribution in [0.4, 0.5) is 0 Å². The lowest BCUT2D eigenvalue weighted by Gasteiger charge is -2.08. The maximum Gasteiger partial charge on any atom is 0.188 e. The van der Waals surface area contributed by atoms with Crippen molar-refractivity contribution in [2.45, 2.75) is 0 Å². The first kappa shape index (κ1) is 17.1. The fourth-order valence-electron chi connectivity index (χ4n) is 2.13. The molecule has 120 valence electrons.